The zero-order valence-electron chi connectivity index (χ0n) is 14.3. The summed E-state index contributed by atoms with van der Waals surface area (Å²) in [7, 11) is -3.65. The fraction of sp³-hybridized carbons (Fsp3) is 0.588. The minimum atomic E-state index is -3.65. The van der Waals surface area contributed by atoms with Gasteiger partial charge in [0.05, 0.1) is 28.7 Å². The predicted octanol–water partition coefficient (Wildman–Crippen LogP) is 2.23. The molecule has 1 aromatic carbocycles. The number of halogens is 1. The number of sulfonamides is 1. The Labute approximate surface area is 153 Å². The summed E-state index contributed by atoms with van der Waals surface area (Å²) in [6.07, 6.45) is 2.05. The standard InChI is InChI=1S/C17H23ClN2O4S/c1-13-3-2-6-19(12-13)17(21)15-11-14(4-5-16(15)18)25(22,23)20-7-9-24-10-8-20/h4-5,11,13H,2-3,6-10,12H2,1H3. The smallest absolute Gasteiger partial charge is 0.255 e. The van der Waals surface area contributed by atoms with Gasteiger partial charge in [0.25, 0.3) is 5.91 Å². The number of amides is 1. The van der Waals surface area contributed by atoms with Crippen LogP contribution in [0.2, 0.25) is 5.02 Å². The molecule has 1 unspecified atom stereocenters. The van der Waals surface area contributed by atoms with Gasteiger partial charge in [-0.2, -0.15) is 4.31 Å². The van der Waals surface area contributed by atoms with Crippen LogP contribution in [0.15, 0.2) is 23.1 Å². The van der Waals surface area contributed by atoms with Gasteiger partial charge in [-0.1, -0.05) is 18.5 Å². The van der Waals surface area contributed by atoms with Crippen molar-refractivity contribution in [1.29, 1.82) is 0 Å². The Bertz CT molecular complexity index is 747. The number of benzene rings is 1. The highest BCUT2D eigenvalue weighted by atomic mass is 35.5. The van der Waals surface area contributed by atoms with E-state index in [2.05, 4.69) is 6.92 Å². The van der Waals surface area contributed by atoms with Crippen molar-refractivity contribution in [3.63, 3.8) is 0 Å². The lowest BCUT2D eigenvalue weighted by molar-refractivity contribution is 0.0682. The van der Waals surface area contributed by atoms with Crippen LogP contribution in [0.1, 0.15) is 30.1 Å². The van der Waals surface area contributed by atoms with Gasteiger partial charge in [-0.15, -0.1) is 0 Å². The minimum absolute atomic E-state index is 0.104. The molecular weight excluding hydrogens is 364 g/mol. The van der Waals surface area contributed by atoms with E-state index >= 15 is 0 Å². The first-order chi connectivity index (χ1) is 11.9. The van der Waals surface area contributed by atoms with Gasteiger partial charge in [0.2, 0.25) is 10.0 Å². The molecule has 6 nitrogen and oxygen atoms in total. The van der Waals surface area contributed by atoms with E-state index in [0.717, 1.165) is 12.8 Å². The van der Waals surface area contributed by atoms with Crippen molar-refractivity contribution in [3.8, 4) is 0 Å². The monoisotopic (exact) mass is 386 g/mol. The molecule has 2 aliphatic rings. The summed E-state index contributed by atoms with van der Waals surface area (Å²) in [4.78, 5) is 14.7. The molecule has 0 N–H and O–H groups in total. The highest BCUT2D eigenvalue weighted by molar-refractivity contribution is 7.89. The Kier molecular flexibility index (Phi) is 5.68. The Morgan fingerprint density at radius 1 is 1.24 bits per heavy atom. The van der Waals surface area contributed by atoms with Crippen molar-refractivity contribution in [3.05, 3.63) is 28.8 Å². The second-order valence-electron chi connectivity index (χ2n) is 6.66. The molecule has 3 rings (SSSR count). The van der Waals surface area contributed by atoms with Gasteiger partial charge in [0.15, 0.2) is 0 Å². The third-order valence-electron chi connectivity index (χ3n) is 4.72. The molecule has 1 aromatic rings. The number of carbonyl (C=O) groups is 1. The summed E-state index contributed by atoms with van der Waals surface area (Å²) >= 11 is 6.21. The van der Waals surface area contributed by atoms with Crippen LogP contribution in [0, 0.1) is 5.92 Å². The summed E-state index contributed by atoms with van der Waals surface area (Å²) in [6.45, 7) is 4.86. The Morgan fingerprint density at radius 3 is 2.64 bits per heavy atom. The molecule has 8 heteroatoms. The number of hydrogen-bond acceptors (Lipinski definition) is 4. The number of likely N-dealkylation sites (tertiary alicyclic amines) is 1. The van der Waals surface area contributed by atoms with Gasteiger partial charge in [-0.05, 0) is 37.0 Å². The van der Waals surface area contributed by atoms with E-state index in [1.807, 2.05) is 0 Å². The highest BCUT2D eigenvalue weighted by Gasteiger charge is 2.29. The summed E-state index contributed by atoms with van der Waals surface area (Å²) in [5.41, 5.74) is 0.255. The maximum atomic E-state index is 12.8. The molecule has 0 radical (unpaired) electrons. The van der Waals surface area contributed by atoms with Crippen LogP contribution in [-0.4, -0.2) is 62.9 Å². The minimum Gasteiger partial charge on any atom is -0.379 e. The maximum Gasteiger partial charge on any atom is 0.255 e. The molecular formula is C17H23ClN2O4S. The second kappa shape index (κ2) is 7.61. The van der Waals surface area contributed by atoms with E-state index in [1.54, 1.807) is 4.90 Å². The van der Waals surface area contributed by atoms with Crippen molar-refractivity contribution < 1.29 is 17.9 Å². The molecule has 2 saturated heterocycles. The number of hydrogen-bond donors (Lipinski definition) is 0. The van der Waals surface area contributed by atoms with Gasteiger partial charge >= 0.3 is 0 Å². The molecule has 1 atom stereocenters. The molecule has 138 valence electrons. The maximum absolute atomic E-state index is 12.8. The van der Waals surface area contributed by atoms with Crippen LogP contribution in [0.4, 0.5) is 0 Å². The average molecular weight is 387 g/mol. The lowest BCUT2D eigenvalue weighted by Gasteiger charge is -2.31. The van der Waals surface area contributed by atoms with Crippen LogP contribution in [0.5, 0.6) is 0 Å². The average Bonchev–Trinajstić information content (AvgIpc) is 2.62. The van der Waals surface area contributed by atoms with E-state index in [4.69, 9.17) is 16.3 Å². The first-order valence-electron chi connectivity index (χ1n) is 8.56. The van der Waals surface area contributed by atoms with Crippen LogP contribution >= 0.6 is 11.6 Å². The Morgan fingerprint density at radius 2 is 1.96 bits per heavy atom. The van der Waals surface area contributed by atoms with Crippen LogP contribution in [-0.2, 0) is 14.8 Å². The van der Waals surface area contributed by atoms with E-state index in [-0.39, 0.29) is 21.4 Å². The summed E-state index contributed by atoms with van der Waals surface area (Å²) in [5, 5.41) is 0.282. The number of nitrogens with zero attached hydrogens (tertiary/aromatic N) is 2. The van der Waals surface area contributed by atoms with Crippen molar-refractivity contribution >= 4 is 27.5 Å². The van der Waals surface area contributed by atoms with Gasteiger partial charge < -0.3 is 9.64 Å². The molecule has 1 amide bonds. The van der Waals surface area contributed by atoms with Gasteiger partial charge in [0, 0.05) is 26.2 Å². The molecule has 0 aliphatic carbocycles. The molecule has 0 aromatic heterocycles. The second-order valence-corrected chi connectivity index (χ2v) is 9.00. The fourth-order valence-corrected chi connectivity index (χ4v) is 4.94. The summed E-state index contributed by atoms with van der Waals surface area (Å²) < 4.78 is 32.2. The van der Waals surface area contributed by atoms with Crippen LogP contribution < -0.4 is 0 Å². The highest BCUT2D eigenvalue weighted by Crippen LogP contribution is 2.26. The topological polar surface area (TPSA) is 66.9 Å². The Hall–Kier alpha value is -1.15. The lowest BCUT2D eigenvalue weighted by Crippen LogP contribution is -2.41. The molecule has 2 fully saturated rings. The number of piperidine rings is 1. The Balaban J connectivity index is 1.88. The number of morpholine rings is 1. The van der Waals surface area contributed by atoms with Gasteiger partial charge in [0.1, 0.15) is 0 Å². The molecule has 0 saturated carbocycles. The number of rotatable bonds is 3. The first-order valence-corrected chi connectivity index (χ1v) is 10.4. The number of ether oxygens (including phenoxy) is 1. The summed E-state index contributed by atoms with van der Waals surface area (Å²) in [5.74, 6) is 0.243. The third kappa shape index (κ3) is 4.00. The van der Waals surface area contributed by atoms with Crippen molar-refractivity contribution in [2.75, 3.05) is 39.4 Å². The summed E-state index contributed by atoms with van der Waals surface area (Å²) in [6, 6.07) is 4.37. The van der Waals surface area contributed by atoms with Gasteiger partial charge in [-0.3, -0.25) is 4.79 Å². The fourth-order valence-electron chi connectivity index (χ4n) is 3.31. The molecule has 0 bridgehead atoms. The normalized spacial score (nSPS) is 22.8. The first kappa shape index (κ1) is 18.6. The molecule has 0 spiro atoms. The van der Waals surface area contributed by atoms with E-state index in [1.165, 1.54) is 22.5 Å². The zero-order valence-corrected chi connectivity index (χ0v) is 15.9. The van der Waals surface area contributed by atoms with Crippen molar-refractivity contribution in [2.45, 2.75) is 24.7 Å². The quantitative estimate of drug-likeness (QED) is 0.799. The molecule has 2 heterocycles. The third-order valence-corrected chi connectivity index (χ3v) is 6.94. The SMILES string of the molecule is CC1CCCN(C(=O)c2cc(S(=O)(=O)N3CCOCC3)ccc2Cl)C1. The van der Waals surface area contributed by atoms with E-state index in [9.17, 15) is 13.2 Å². The predicted molar refractivity (Wildman–Crippen MR) is 95.3 cm³/mol. The molecule has 2 aliphatic heterocycles. The van der Waals surface area contributed by atoms with Crippen LogP contribution in [0.3, 0.4) is 0 Å². The number of carbonyl (C=O) groups excluding carboxylic acids is 1. The van der Waals surface area contributed by atoms with E-state index < -0.39 is 10.0 Å². The zero-order chi connectivity index (χ0) is 18.0. The van der Waals surface area contributed by atoms with Crippen molar-refractivity contribution in [2.24, 2.45) is 5.92 Å². The lowest BCUT2D eigenvalue weighted by atomic mass is 9.99. The van der Waals surface area contributed by atoms with Crippen LogP contribution in [0.25, 0.3) is 0 Å². The molecule has 25 heavy (non-hydrogen) atoms. The van der Waals surface area contributed by atoms with Gasteiger partial charge in [-0.25, -0.2) is 8.42 Å². The van der Waals surface area contributed by atoms with E-state index in [0.29, 0.717) is 45.3 Å². The van der Waals surface area contributed by atoms with Crippen molar-refractivity contribution in [1.82, 2.24) is 9.21 Å². The largest absolute Gasteiger partial charge is 0.379 e.